The molecule has 88 valence electrons. The summed E-state index contributed by atoms with van der Waals surface area (Å²) in [6.45, 7) is 2.19. The Bertz CT molecular complexity index is 321. The van der Waals surface area contributed by atoms with Crippen LogP contribution in [0.25, 0.3) is 0 Å². The maximum atomic E-state index is 9.40. The summed E-state index contributed by atoms with van der Waals surface area (Å²) in [7, 11) is 1.65. The van der Waals surface area contributed by atoms with Gasteiger partial charge >= 0.3 is 0 Å². The zero-order chi connectivity index (χ0) is 11.4. The molecule has 1 aliphatic rings. The third kappa shape index (κ3) is 2.68. The molecule has 1 aromatic heterocycles. The quantitative estimate of drug-likeness (QED) is 0.812. The van der Waals surface area contributed by atoms with Crippen LogP contribution in [0.5, 0.6) is 0 Å². The van der Waals surface area contributed by atoms with E-state index in [0.29, 0.717) is 6.61 Å². The lowest BCUT2D eigenvalue weighted by molar-refractivity contribution is 0.145. The highest BCUT2D eigenvalue weighted by molar-refractivity contribution is 5.30. The van der Waals surface area contributed by atoms with Gasteiger partial charge in [-0.1, -0.05) is 0 Å². The fourth-order valence-electron chi connectivity index (χ4n) is 1.82. The van der Waals surface area contributed by atoms with Crippen molar-refractivity contribution >= 4 is 5.95 Å². The van der Waals surface area contributed by atoms with Crippen molar-refractivity contribution in [1.29, 1.82) is 0 Å². The van der Waals surface area contributed by atoms with Crippen molar-refractivity contribution in [3.8, 4) is 0 Å². The van der Waals surface area contributed by atoms with Gasteiger partial charge in [0.15, 0.2) is 0 Å². The second-order valence-electron chi connectivity index (χ2n) is 4.04. The van der Waals surface area contributed by atoms with Crippen LogP contribution in [0.2, 0.25) is 0 Å². The van der Waals surface area contributed by atoms with Crippen molar-refractivity contribution in [1.82, 2.24) is 9.97 Å². The van der Waals surface area contributed by atoms with Crippen LogP contribution in [-0.4, -0.2) is 41.4 Å². The first kappa shape index (κ1) is 11.3. The molecule has 1 saturated heterocycles. The van der Waals surface area contributed by atoms with E-state index in [-0.39, 0.29) is 6.10 Å². The molecular weight excluding hydrogens is 206 g/mol. The normalized spacial score (nSPS) is 17.8. The highest BCUT2D eigenvalue weighted by atomic mass is 16.5. The lowest BCUT2D eigenvalue weighted by Gasteiger charge is -2.29. The summed E-state index contributed by atoms with van der Waals surface area (Å²) < 4.78 is 5.00. The number of hydrogen-bond acceptors (Lipinski definition) is 5. The highest BCUT2D eigenvalue weighted by Gasteiger charge is 2.18. The molecule has 5 nitrogen and oxygen atoms in total. The SMILES string of the molecule is COCc1cnc(N2CCC(O)CC2)nc1. The summed E-state index contributed by atoms with van der Waals surface area (Å²) in [4.78, 5) is 10.7. The molecule has 1 aliphatic heterocycles. The molecule has 0 aliphatic carbocycles. The number of methoxy groups -OCH3 is 1. The molecule has 0 atom stereocenters. The molecule has 0 saturated carbocycles. The minimum atomic E-state index is -0.163. The van der Waals surface area contributed by atoms with Crippen molar-refractivity contribution in [2.75, 3.05) is 25.1 Å². The van der Waals surface area contributed by atoms with E-state index in [0.717, 1.165) is 37.4 Å². The summed E-state index contributed by atoms with van der Waals surface area (Å²) in [5.74, 6) is 0.742. The van der Waals surface area contributed by atoms with Gasteiger partial charge in [0.25, 0.3) is 0 Å². The predicted octanol–water partition coefficient (Wildman–Crippen LogP) is 0.584. The molecule has 0 bridgehead atoms. The first-order valence-electron chi connectivity index (χ1n) is 5.52. The molecule has 2 heterocycles. The van der Waals surface area contributed by atoms with Gasteiger partial charge in [-0.2, -0.15) is 0 Å². The third-order valence-electron chi connectivity index (χ3n) is 2.75. The van der Waals surface area contributed by atoms with Crippen LogP contribution in [0.3, 0.4) is 0 Å². The molecule has 0 aromatic carbocycles. The van der Waals surface area contributed by atoms with Crippen molar-refractivity contribution in [2.45, 2.75) is 25.6 Å². The lowest BCUT2D eigenvalue weighted by atomic mass is 10.1. The Labute approximate surface area is 95.1 Å². The highest BCUT2D eigenvalue weighted by Crippen LogP contribution is 2.15. The zero-order valence-electron chi connectivity index (χ0n) is 9.46. The standard InChI is InChI=1S/C11H17N3O2/c1-16-8-9-6-12-11(13-7-9)14-4-2-10(15)3-5-14/h6-7,10,15H,2-5,8H2,1H3. The van der Waals surface area contributed by atoms with Crippen LogP contribution >= 0.6 is 0 Å². The van der Waals surface area contributed by atoms with E-state index in [2.05, 4.69) is 14.9 Å². The first-order valence-corrected chi connectivity index (χ1v) is 5.52. The Hall–Kier alpha value is -1.20. The maximum Gasteiger partial charge on any atom is 0.225 e. The molecule has 1 N–H and O–H groups in total. The first-order chi connectivity index (χ1) is 7.79. The molecule has 0 radical (unpaired) electrons. The number of aliphatic hydroxyl groups is 1. The number of hydrogen-bond donors (Lipinski definition) is 1. The van der Waals surface area contributed by atoms with Gasteiger partial charge < -0.3 is 14.7 Å². The second-order valence-corrected chi connectivity index (χ2v) is 4.04. The van der Waals surface area contributed by atoms with E-state index in [1.54, 1.807) is 19.5 Å². The van der Waals surface area contributed by atoms with Crippen LogP contribution in [0.4, 0.5) is 5.95 Å². The summed E-state index contributed by atoms with van der Waals surface area (Å²) in [6, 6.07) is 0. The Morgan fingerprint density at radius 1 is 1.38 bits per heavy atom. The Morgan fingerprint density at radius 3 is 2.56 bits per heavy atom. The van der Waals surface area contributed by atoms with Crippen LogP contribution in [0, 0.1) is 0 Å². The summed E-state index contributed by atoms with van der Waals surface area (Å²) in [5.41, 5.74) is 0.975. The van der Waals surface area contributed by atoms with E-state index in [1.807, 2.05) is 0 Å². The lowest BCUT2D eigenvalue weighted by Crippen LogP contribution is -2.36. The fourth-order valence-corrected chi connectivity index (χ4v) is 1.82. The number of nitrogens with zero attached hydrogens (tertiary/aromatic N) is 3. The van der Waals surface area contributed by atoms with Crippen molar-refractivity contribution in [2.24, 2.45) is 0 Å². The van der Waals surface area contributed by atoms with Gasteiger partial charge in [0, 0.05) is 38.2 Å². The van der Waals surface area contributed by atoms with Gasteiger partial charge in [0.2, 0.25) is 5.95 Å². The van der Waals surface area contributed by atoms with E-state index < -0.39 is 0 Å². The minimum Gasteiger partial charge on any atom is -0.393 e. The Kier molecular flexibility index (Phi) is 3.69. The number of ether oxygens (including phenoxy) is 1. The molecule has 1 fully saturated rings. The van der Waals surface area contributed by atoms with Gasteiger partial charge in [0.1, 0.15) is 0 Å². The Balaban J connectivity index is 1.98. The summed E-state index contributed by atoms with van der Waals surface area (Å²) in [6.07, 6.45) is 5.00. The zero-order valence-corrected chi connectivity index (χ0v) is 9.46. The molecule has 2 rings (SSSR count). The number of anilines is 1. The number of aromatic nitrogens is 2. The number of aliphatic hydroxyl groups excluding tert-OH is 1. The molecule has 16 heavy (non-hydrogen) atoms. The summed E-state index contributed by atoms with van der Waals surface area (Å²) in [5, 5.41) is 9.40. The average molecular weight is 223 g/mol. The van der Waals surface area contributed by atoms with E-state index in [1.165, 1.54) is 0 Å². The maximum absolute atomic E-state index is 9.40. The second kappa shape index (κ2) is 5.23. The topological polar surface area (TPSA) is 58.5 Å². The molecular formula is C11H17N3O2. The van der Waals surface area contributed by atoms with Crippen LogP contribution < -0.4 is 4.90 Å². The number of piperidine rings is 1. The predicted molar refractivity (Wildman–Crippen MR) is 60.2 cm³/mol. The molecule has 1 aromatic rings. The van der Waals surface area contributed by atoms with Crippen molar-refractivity contribution in [3.05, 3.63) is 18.0 Å². The average Bonchev–Trinajstić information content (AvgIpc) is 2.32. The smallest absolute Gasteiger partial charge is 0.225 e. The Morgan fingerprint density at radius 2 is 2.00 bits per heavy atom. The fraction of sp³-hybridized carbons (Fsp3) is 0.636. The van der Waals surface area contributed by atoms with Gasteiger partial charge in [-0.3, -0.25) is 0 Å². The third-order valence-corrected chi connectivity index (χ3v) is 2.75. The molecule has 0 amide bonds. The molecule has 0 spiro atoms. The van der Waals surface area contributed by atoms with Crippen LogP contribution in [0.1, 0.15) is 18.4 Å². The van der Waals surface area contributed by atoms with Crippen molar-refractivity contribution in [3.63, 3.8) is 0 Å². The minimum absolute atomic E-state index is 0.163. The van der Waals surface area contributed by atoms with Crippen LogP contribution in [-0.2, 0) is 11.3 Å². The summed E-state index contributed by atoms with van der Waals surface area (Å²) >= 11 is 0. The largest absolute Gasteiger partial charge is 0.393 e. The van der Waals surface area contributed by atoms with Gasteiger partial charge in [-0.05, 0) is 12.8 Å². The van der Waals surface area contributed by atoms with E-state index >= 15 is 0 Å². The van der Waals surface area contributed by atoms with Crippen LogP contribution in [0.15, 0.2) is 12.4 Å². The van der Waals surface area contributed by atoms with E-state index in [4.69, 9.17) is 4.74 Å². The van der Waals surface area contributed by atoms with E-state index in [9.17, 15) is 5.11 Å². The number of rotatable bonds is 3. The van der Waals surface area contributed by atoms with Gasteiger partial charge in [-0.25, -0.2) is 9.97 Å². The monoisotopic (exact) mass is 223 g/mol. The van der Waals surface area contributed by atoms with Crippen molar-refractivity contribution < 1.29 is 9.84 Å². The molecule has 0 unspecified atom stereocenters. The van der Waals surface area contributed by atoms with Gasteiger partial charge in [0.05, 0.1) is 12.7 Å². The van der Waals surface area contributed by atoms with Gasteiger partial charge in [-0.15, -0.1) is 0 Å². The molecule has 5 heteroatoms.